The van der Waals surface area contributed by atoms with Gasteiger partial charge in [0.1, 0.15) is 10.6 Å². The number of hydrogen-bond acceptors (Lipinski definition) is 4. The van der Waals surface area contributed by atoms with E-state index in [-0.39, 0.29) is 10.6 Å². The fourth-order valence-corrected chi connectivity index (χ4v) is 3.52. The third kappa shape index (κ3) is 3.94. The van der Waals surface area contributed by atoms with Gasteiger partial charge in [0.25, 0.3) is 0 Å². The summed E-state index contributed by atoms with van der Waals surface area (Å²) in [7, 11) is -2.51. The maximum absolute atomic E-state index is 12.3. The zero-order chi connectivity index (χ0) is 15.5. The molecule has 0 aliphatic carbocycles. The molecule has 0 aliphatic heterocycles. The smallest absolute Gasteiger partial charge is 0.307 e. The first-order valence-corrected chi connectivity index (χ1v) is 8.05. The van der Waals surface area contributed by atoms with Gasteiger partial charge in [-0.3, -0.25) is 4.79 Å². The molecule has 2 unspecified atom stereocenters. The summed E-state index contributed by atoms with van der Waals surface area (Å²) in [5, 5.41) is 8.90. The molecule has 0 bridgehead atoms. The molecule has 2 N–H and O–H groups in total. The quantitative estimate of drug-likeness (QED) is 0.802. The number of ether oxygens (including phenoxy) is 1. The molecule has 112 valence electrons. The minimum Gasteiger partial charge on any atom is -0.495 e. The van der Waals surface area contributed by atoms with Gasteiger partial charge in [0.15, 0.2) is 0 Å². The van der Waals surface area contributed by atoms with Crippen LogP contribution in [-0.4, -0.2) is 32.6 Å². The number of carboxylic acid groups (broad SMARTS) is 1. The Hall–Kier alpha value is -1.12. The first-order chi connectivity index (χ1) is 9.19. The predicted molar refractivity (Wildman–Crippen MR) is 77.3 cm³/mol. The van der Waals surface area contributed by atoms with Gasteiger partial charge < -0.3 is 9.84 Å². The van der Waals surface area contributed by atoms with Crippen molar-refractivity contribution >= 4 is 31.9 Å². The number of carboxylic acids is 1. The Morgan fingerprint density at radius 2 is 2.00 bits per heavy atom. The minimum atomic E-state index is -3.87. The number of nitrogens with one attached hydrogen (secondary N) is 1. The van der Waals surface area contributed by atoms with Crippen molar-refractivity contribution in [3.05, 3.63) is 22.7 Å². The lowest BCUT2D eigenvalue weighted by atomic mass is 10.1. The fraction of sp³-hybridized carbons (Fsp3) is 0.417. The van der Waals surface area contributed by atoms with Gasteiger partial charge in [-0.25, -0.2) is 13.1 Å². The van der Waals surface area contributed by atoms with Crippen LogP contribution in [0, 0.1) is 5.92 Å². The van der Waals surface area contributed by atoms with Crippen LogP contribution in [0.3, 0.4) is 0 Å². The standard InChI is InChI=1S/C12H16BrNO5S/c1-7(12(15)16)8(2)14-20(17,18)11-6-9(13)4-5-10(11)19-3/h4-8,14H,1-3H3,(H,15,16). The van der Waals surface area contributed by atoms with Crippen LogP contribution in [0.25, 0.3) is 0 Å². The van der Waals surface area contributed by atoms with Gasteiger partial charge in [0.05, 0.1) is 13.0 Å². The molecule has 6 nitrogen and oxygen atoms in total. The van der Waals surface area contributed by atoms with E-state index in [0.29, 0.717) is 4.47 Å². The number of rotatable bonds is 6. The fourth-order valence-electron chi connectivity index (χ4n) is 1.48. The molecular formula is C12H16BrNO5S. The summed E-state index contributed by atoms with van der Waals surface area (Å²) in [5.41, 5.74) is 0. The zero-order valence-electron chi connectivity index (χ0n) is 11.3. The Labute approximate surface area is 126 Å². The van der Waals surface area contributed by atoms with Crippen LogP contribution in [0.4, 0.5) is 0 Å². The van der Waals surface area contributed by atoms with Crippen LogP contribution in [-0.2, 0) is 14.8 Å². The van der Waals surface area contributed by atoms with Gasteiger partial charge in [0, 0.05) is 10.5 Å². The van der Waals surface area contributed by atoms with Crippen LogP contribution >= 0.6 is 15.9 Å². The highest BCUT2D eigenvalue weighted by Gasteiger charge is 2.27. The average molecular weight is 366 g/mol. The highest BCUT2D eigenvalue weighted by atomic mass is 79.9. The number of halogens is 1. The Kier molecular flexibility index (Phi) is 5.55. The van der Waals surface area contributed by atoms with Crippen molar-refractivity contribution in [3.8, 4) is 5.75 Å². The van der Waals surface area contributed by atoms with Crippen LogP contribution in [0.2, 0.25) is 0 Å². The Morgan fingerprint density at radius 1 is 1.40 bits per heavy atom. The zero-order valence-corrected chi connectivity index (χ0v) is 13.7. The molecule has 0 amide bonds. The molecule has 0 fully saturated rings. The second-order valence-corrected chi connectivity index (χ2v) is 6.93. The second kappa shape index (κ2) is 6.55. The number of methoxy groups -OCH3 is 1. The molecule has 1 rings (SSSR count). The van der Waals surface area contributed by atoms with Crippen molar-refractivity contribution in [2.75, 3.05) is 7.11 Å². The van der Waals surface area contributed by atoms with Gasteiger partial charge in [-0.05, 0) is 25.1 Å². The molecule has 1 aromatic rings. The lowest BCUT2D eigenvalue weighted by molar-refractivity contribution is -0.141. The van der Waals surface area contributed by atoms with Gasteiger partial charge in [-0.15, -0.1) is 0 Å². The first kappa shape index (κ1) is 16.9. The maximum Gasteiger partial charge on any atom is 0.307 e. The molecule has 0 heterocycles. The van der Waals surface area contributed by atoms with Crippen LogP contribution in [0.5, 0.6) is 5.75 Å². The molecule has 20 heavy (non-hydrogen) atoms. The van der Waals surface area contributed by atoms with Crippen LogP contribution < -0.4 is 9.46 Å². The minimum absolute atomic E-state index is 0.0428. The highest BCUT2D eigenvalue weighted by Crippen LogP contribution is 2.27. The van der Waals surface area contributed by atoms with E-state index < -0.39 is 28.0 Å². The molecule has 0 radical (unpaired) electrons. The lowest BCUT2D eigenvalue weighted by Crippen LogP contribution is -2.40. The summed E-state index contributed by atoms with van der Waals surface area (Å²) in [6.07, 6.45) is 0. The maximum atomic E-state index is 12.3. The third-order valence-corrected chi connectivity index (χ3v) is 4.97. The average Bonchev–Trinajstić information content (AvgIpc) is 2.37. The van der Waals surface area contributed by atoms with Crippen molar-refractivity contribution in [1.29, 1.82) is 0 Å². The summed E-state index contributed by atoms with van der Waals surface area (Å²) in [6, 6.07) is 3.82. The summed E-state index contributed by atoms with van der Waals surface area (Å²) in [5.74, 6) is -1.72. The van der Waals surface area contributed by atoms with Gasteiger partial charge in [0.2, 0.25) is 10.0 Å². The van der Waals surface area contributed by atoms with Crippen LogP contribution in [0.15, 0.2) is 27.6 Å². The number of aliphatic carboxylic acids is 1. The Balaban J connectivity index is 3.11. The van der Waals surface area contributed by atoms with Crippen molar-refractivity contribution in [3.63, 3.8) is 0 Å². The highest BCUT2D eigenvalue weighted by molar-refractivity contribution is 9.10. The predicted octanol–water partition coefficient (Wildman–Crippen LogP) is 1.85. The topological polar surface area (TPSA) is 92.7 Å². The molecule has 0 spiro atoms. The number of hydrogen-bond donors (Lipinski definition) is 2. The van der Waals surface area contributed by atoms with Crippen LogP contribution in [0.1, 0.15) is 13.8 Å². The molecular weight excluding hydrogens is 350 g/mol. The summed E-state index contributed by atoms with van der Waals surface area (Å²) >= 11 is 3.19. The normalized spacial score (nSPS) is 14.6. The molecule has 8 heteroatoms. The van der Waals surface area contributed by atoms with E-state index in [1.54, 1.807) is 6.07 Å². The van der Waals surface area contributed by atoms with E-state index in [0.717, 1.165) is 0 Å². The number of benzene rings is 1. The molecule has 0 aliphatic rings. The van der Waals surface area contributed by atoms with E-state index in [1.165, 1.54) is 33.1 Å². The third-order valence-electron chi connectivity index (χ3n) is 2.90. The summed E-state index contributed by atoms with van der Waals surface area (Å²) in [4.78, 5) is 10.8. The number of carbonyl (C=O) groups is 1. The van der Waals surface area contributed by atoms with Gasteiger partial charge >= 0.3 is 5.97 Å². The van der Waals surface area contributed by atoms with Crippen molar-refractivity contribution in [2.24, 2.45) is 5.92 Å². The van der Waals surface area contributed by atoms with Gasteiger partial charge in [-0.1, -0.05) is 22.9 Å². The second-order valence-electron chi connectivity index (χ2n) is 4.33. The van der Waals surface area contributed by atoms with E-state index in [9.17, 15) is 13.2 Å². The monoisotopic (exact) mass is 365 g/mol. The first-order valence-electron chi connectivity index (χ1n) is 5.77. The van der Waals surface area contributed by atoms with E-state index in [4.69, 9.17) is 9.84 Å². The summed E-state index contributed by atoms with van der Waals surface area (Å²) < 4.78 is 32.5. The SMILES string of the molecule is COc1ccc(Br)cc1S(=O)(=O)NC(C)C(C)C(=O)O. The molecule has 0 saturated carbocycles. The van der Waals surface area contributed by atoms with E-state index >= 15 is 0 Å². The lowest BCUT2D eigenvalue weighted by Gasteiger charge is -2.19. The number of sulfonamides is 1. The van der Waals surface area contributed by atoms with Gasteiger partial charge in [-0.2, -0.15) is 0 Å². The Morgan fingerprint density at radius 3 is 2.50 bits per heavy atom. The molecule has 2 atom stereocenters. The van der Waals surface area contributed by atoms with E-state index in [1.807, 2.05) is 0 Å². The van der Waals surface area contributed by atoms with Crippen molar-refractivity contribution < 1.29 is 23.1 Å². The molecule has 1 aromatic carbocycles. The van der Waals surface area contributed by atoms with Crippen molar-refractivity contribution in [2.45, 2.75) is 24.8 Å². The largest absolute Gasteiger partial charge is 0.495 e. The summed E-state index contributed by atoms with van der Waals surface area (Å²) in [6.45, 7) is 2.94. The van der Waals surface area contributed by atoms with Crippen molar-refractivity contribution in [1.82, 2.24) is 4.72 Å². The Bertz CT molecular complexity index is 602. The van der Waals surface area contributed by atoms with E-state index in [2.05, 4.69) is 20.7 Å². The molecule has 0 aromatic heterocycles. The molecule has 0 saturated heterocycles.